The molecule has 0 aliphatic carbocycles. The normalized spacial score (nSPS) is 12.0. The molecule has 0 heterocycles. The topological polar surface area (TPSA) is 38.3 Å². The van der Waals surface area contributed by atoms with Crippen LogP contribution in [0.5, 0.6) is 0 Å². The van der Waals surface area contributed by atoms with Gasteiger partial charge in [-0.25, -0.2) is 4.79 Å². The van der Waals surface area contributed by atoms with E-state index in [4.69, 9.17) is 4.74 Å². The molecule has 1 atom stereocenters. The lowest BCUT2D eigenvalue weighted by molar-refractivity contribution is -0.143. The van der Waals surface area contributed by atoms with E-state index in [1.165, 1.54) is 29.4 Å². The van der Waals surface area contributed by atoms with Crippen LogP contribution in [0.25, 0.3) is 0 Å². The second-order valence-corrected chi connectivity index (χ2v) is 5.61. The van der Waals surface area contributed by atoms with Gasteiger partial charge in [0.1, 0.15) is 6.04 Å². The molecule has 0 aromatic heterocycles. The number of hydrogen-bond acceptors (Lipinski definition) is 3. The minimum atomic E-state index is -0.452. The fourth-order valence-corrected chi connectivity index (χ4v) is 2.52. The lowest BCUT2D eigenvalue weighted by Gasteiger charge is -2.18. The molecule has 2 aromatic rings. The molecular formula is C19H23NO2. The average molecular weight is 297 g/mol. The summed E-state index contributed by atoms with van der Waals surface area (Å²) >= 11 is 0. The molecule has 0 aliphatic rings. The van der Waals surface area contributed by atoms with E-state index in [2.05, 4.69) is 38.2 Å². The van der Waals surface area contributed by atoms with Gasteiger partial charge in [-0.3, -0.25) is 5.32 Å². The van der Waals surface area contributed by atoms with Gasteiger partial charge in [-0.2, -0.15) is 0 Å². The zero-order valence-electron chi connectivity index (χ0n) is 13.6. The largest absolute Gasteiger partial charge is 0.468 e. The molecule has 0 aliphatic heterocycles. The summed E-state index contributed by atoms with van der Waals surface area (Å²) < 4.78 is 4.93. The Labute approximate surface area is 132 Å². The maximum Gasteiger partial charge on any atom is 0.327 e. The van der Waals surface area contributed by atoms with Crippen molar-refractivity contribution in [1.29, 1.82) is 0 Å². The monoisotopic (exact) mass is 297 g/mol. The summed E-state index contributed by atoms with van der Waals surface area (Å²) in [6, 6.07) is 13.6. The van der Waals surface area contributed by atoms with Crippen molar-refractivity contribution in [2.24, 2.45) is 0 Å². The average Bonchev–Trinajstić information content (AvgIpc) is 2.53. The predicted octanol–water partition coefficient (Wildman–Crippen LogP) is 3.62. The molecule has 0 amide bonds. The number of nitrogens with one attached hydrogen (secondary N) is 1. The second-order valence-electron chi connectivity index (χ2n) is 5.61. The highest BCUT2D eigenvalue weighted by Gasteiger charge is 2.20. The summed E-state index contributed by atoms with van der Waals surface area (Å²) in [6.07, 6.45) is 0. The molecule has 116 valence electrons. The van der Waals surface area contributed by atoms with Gasteiger partial charge in [0.05, 0.1) is 7.11 Å². The smallest absolute Gasteiger partial charge is 0.327 e. The number of hydrogen-bond donors (Lipinski definition) is 1. The van der Waals surface area contributed by atoms with Gasteiger partial charge in [0.15, 0.2) is 0 Å². The van der Waals surface area contributed by atoms with Crippen LogP contribution in [0.15, 0.2) is 42.5 Å². The highest BCUT2D eigenvalue weighted by molar-refractivity contribution is 5.77. The third kappa shape index (κ3) is 3.74. The van der Waals surface area contributed by atoms with Crippen molar-refractivity contribution < 1.29 is 9.53 Å². The van der Waals surface area contributed by atoms with Crippen LogP contribution < -0.4 is 5.32 Å². The maximum absolute atomic E-state index is 12.1. The van der Waals surface area contributed by atoms with E-state index in [-0.39, 0.29) is 5.97 Å². The molecule has 0 radical (unpaired) electrons. The van der Waals surface area contributed by atoms with Crippen molar-refractivity contribution in [2.75, 3.05) is 7.11 Å². The molecule has 22 heavy (non-hydrogen) atoms. The molecule has 0 spiro atoms. The Morgan fingerprint density at radius 3 is 2.32 bits per heavy atom. The summed E-state index contributed by atoms with van der Waals surface area (Å²) in [5.74, 6) is -0.271. The predicted molar refractivity (Wildman–Crippen MR) is 88.7 cm³/mol. The Morgan fingerprint density at radius 2 is 1.68 bits per heavy atom. The van der Waals surface area contributed by atoms with Gasteiger partial charge in [0.25, 0.3) is 0 Å². The maximum atomic E-state index is 12.1. The standard InChI is InChI=1S/C19H23NO2/c1-13-10-15(3)17(11-14(13)2)12-20-18(19(21)22-4)16-8-6-5-7-9-16/h5-11,18,20H,12H2,1-4H3. The van der Waals surface area contributed by atoms with Crippen LogP contribution in [0, 0.1) is 20.8 Å². The van der Waals surface area contributed by atoms with Gasteiger partial charge in [0.2, 0.25) is 0 Å². The van der Waals surface area contributed by atoms with Crippen LogP contribution in [-0.2, 0) is 16.1 Å². The van der Waals surface area contributed by atoms with Gasteiger partial charge in [0, 0.05) is 6.54 Å². The highest BCUT2D eigenvalue weighted by atomic mass is 16.5. The van der Waals surface area contributed by atoms with Crippen LogP contribution in [0.2, 0.25) is 0 Å². The lowest BCUT2D eigenvalue weighted by atomic mass is 10.00. The fourth-order valence-electron chi connectivity index (χ4n) is 2.52. The van der Waals surface area contributed by atoms with Gasteiger partial charge >= 0.3 is 5.97 Å². The third-order valence-corrected chi connectivity index (χ3v) is 4.02. The Kier molecular flexibility index (Phi) is 5.34. The molecular weight excluding hydrogens is 274 g/mol. The molecule has 2 rings (SSSR count). The Bertz CT molecular complexity index is 650. The summed E-state index contributed by atoms with van der Waals surface area (Å²) in [7, 11) is 1.42. The number of esters is 1. The van der Waals surface area contributed by atoms with E-state index >= 15 is 0 Å². The first-order chi connectivity index (χ1) is 10.5. The number of rotatable bonds is 5. The molecule has 1 unspecified atom stereocenters. The zero-order chi connectivity index (χ0) is 16.1. The number of benzene rings is 2. The number of methoxy groups -OCH3 is 1. The van der Waals surface area contributed by atoms with Gasteiger partial charge in [-0.05, 0) is 48.6 Å². The molecule has 1 N–H and O–H groups in total. The minimum Gasteiger partial charge on any atom is -0.468 e. The van der Waals surface area contributed by atoms with Crippen molar-refractivity contribution >= 4 is 5.97 Å². The van der Waals surface area contributed by atoms with E-state index in [0.717, 1.165) is 5.56 Å². The van der Waals surface area contributed by atoms with E-state index in [9.17, 15) is 4.79 Å². The molecule has 2 aromatic carbocycles. The van der Waals surface area contributed by atoms with Gasteiger partial charge < -0.3 is 4.74 Å². The molecule has 3 nitrogen and oxygen atoms in total. The first-order valence-electron chi connectivity index (χ1n) is 7.46. The fraction of sp³-hybridized carbons (Fsp3) is 0.316. The first kappa shape index (κ1) is 16.2. The van der Waals surface area contributed by atoms with Crippen molar-refractivity contribution in [3.63, 3.8) is 0 Å². The van der Waals surface area contributed by atoms with Crippen molar-refractivity contribution in [1.82, 2.24) is 5.32 Å². The van der Waals surface area contributed by atoms with E-state index < -0.39 is 6.04 Å². The quantitative estimate of drug-likeness (QED) is 0.857. The summed E-state index contributed by atoms with van der Waals surface area (Å²) in [5, 5.41) is 3.32. The Hall–Kier alpha value is -2.13. The molecule has 0 saturated heterocycles. The SMILES string of the molecule is COC(=O)C(NCc1cc(C)c(C)cc1C)c1ccccc1. The summed E-state index contributed by atoms with van der Waals surface area (Å²) in [5.41, 5.74) is 5.89. The Morgan fingerprint density at radius 1 is 1.05 bits per heavy atom. The molecule has 0 saturated carbocycles. The van der Waals surface area contributed by atoms with Gasteiger partial charge in [-0.15, -0.1) is 0 Å². The second kappa shape index (κ2) is 7.23. The molecule has 3 heteroatoms. The third-order valence-electron chi connectivity index (χ3n) is 4.02. The molecule has 0 bridgehead atoms. The van der Waals surface area contributed by atoms with E-state index in [0.29, 0.717) is 6.54 Å². The van der Waals surface area contributed by atoms with Crippen LogP contribution in [-0.4, -0.2) is 13.1 Å². The minimum absolute atomic E-state index is 0.271. The number of carbonyl (C=O) groups is 1. The van der Waals surface area contributed by atoms with Crippen LogP contribution >= 0.6 is 0 Å². The van der Waals surface area contributed by atoms with Crippen LogP contribution in [0.4, 0.5) is 0 Å². The zero-order valence-corrected chi connectivity index (χ0v) is 13.6. The number of carbonyl (C=O) groups excluding carboxylic acids is 1. The summed E-state index contributed by atoms with van der Waals surface area (Å²) in [6.45, 7) is 6.94. The van der Waals surface area contributed by atoms with E-state index in [1.807, 2.05) is 30.3 Å². The van der Waals surface area contributed by atoms with Crippen molar-refractivity contribution in [3.05, 3.63) is 70.3 Å². The lowest BCUT2D eigenvalue weighted by Crippen LogP contribution is -2.29. The van der Waals surface area contributed by atoms with Crippen molar-refractivity contribution in [3.8, 4) is 0 Å². The Balaban J connectivity index is 2.19. The van der Waals surface area contributed by atoms with Crippen molar-refractivity contribution in [2.45, 2.75) is 33.4 Å². The number of ether oxygens (including phenoxy) is 1. The number of aryl methyl sites for hydroxylation is 3. The van der Waals surface area contributed by atoms with Crippen LogP contribution in [0.1, 0.15) is 33.9 Å². The first-order valence-corrected chi connectivity index (χ1v) is 7.46. The highest BCUT2D eigenvalue weighted by Crippen LogP contribution is 2.18. The van der Waals surface area contributed by atoms with Gasteiger partial charge in [-0.1, -0.05) is 42.5 Å². The van der Waals surface area contributed by atoms with Crippen LogP contribution in [0.3, 0.4) is 0 Å². The summed E-state index contributed by atoms with van der Waals surface area (Å²) in [4.78, 5) is 12.1. The van der Waals surface area contributed by atoms with E-state index in [1.54, 1.807) is 0 Å². The molecule has 0 fully saturated rings.